The average molecular weight is 373 g/mol. The summed E-state index contributed by atoms with van der Waals surface area (Å²) < 4.78 is 19.1. The van der Waals surface area contributed by atoms with Crippen LogP contribution in [0.15, 0.2) is 36.7 Å². The number of hydrazine groups is 1. The largest absolute Gasteiger partial charge is 0.495 e. The maximum absolute atomic E-state index is 13.1. The van der Waals surface area contributed by atoms with Gasteiger partial charge in [-0.05, 0) is 51.9 Å². The monoisotopic (exact) mass is 373 g/mol. The summed E-state index contributed by atoms with van der Waals surface area (Å²) in [4.78, 5) is 4.10. The second-order valence-electron chi connectivity index (χ2n) is 3.92. The van der Waals surface area contributed by atoms with Crippen LogP contribution in [0.1, 0.15) is 17.2 Å². The SMILES string of the molecule is COc1cncc(C(NN)c2ccc(F)cc2I)c1. The minimum atomic E-state index is -0.271. The molecule has 2 rings (SSSR count). The minimum absolute atomic E-state index is 0.268. The van der Waals surface area contributed by atoms with E-state index >= 15 is 0 Å². The van der Waals surface area contributed by atoms with E-state index in [0.29, 0.717) is 5.75 Å². The summed E-state index contributed by atoms with van der Waals surface area (Å²) in [6.07, 6.45) is 3.32. The molecule has 0 aliphatic carbocycles. The number of halogens is 2. The van der Waals surface area contributed by atoms with E-state index in [2.05, 4.69) is 33.0 Å². The molecule has 0 fully saturated rings. The van der Waals surface area contributed by atoms with E-state index in [1.165, 1.54) is 12.1 Å². The van der Waals surface area contributed by atoms with Gasteiger partial charge in [-0.2, -0.15) is 0 Å². The lowest BCUT2D eigenvalue weighted by atomic mass is 10.0. The Hall–Kier alpha value is -1.25. The Labute approximate surface area is 124 Å². The van der Waals surface area contributed by atoms with Gasteiger partial charge < -0.3 is 4.74 Å². The van der Waals surface area contributed by atoms with Crippen LogP contribution < -0.4 is 16.0 Å². The topological polar surface area (TPSA) is 60.2 Å². The highest BCUT2D eigenvalue weighted by Gasteiger charge is 2.16. The Morgan fingerprint density at radius 1 is 1.37 bits per heavy atom. The second-order valence-corrected chi connectivity index (χ2v) is 5.09. The molecule has 1 heterocycles. The number of methoxy groups -OCH3 is 1. The molecule has 1 unspecified atom stereocenters. The molecular formula is C13H13FIN3O. The van der Waals surface area contributed by atoms with Gasteiger partial charge in [0.15, 0.2) is 0 Å². The molecule has 0 saturated carbocycles. The number of rotatable bonds is 4. The molecule has 0 bridgehead atoms. The third-order valence-corrected chi connectivity index (χ3v) is 3.68. The molecule has 0 amide bonds. The zero-order chi connectivity index (χ0) is 13.8. The highest BCUT2D eigenvalue weighted by atomic mass is 127. The lowest BCUT2D eigenvalue weighted by Crippen LogP contribution is -2.29. The molecule has 3 N–H and O–H groups in total. The van der Waals surface area contributed by atoms with Crippen LogP contribution in [0.3, 0.4) is 0 Å². The van der Waals surface area contributed by atoms with E-state index in [4.69, 9.17) is 10.6 Å². The number of nitrogens with two attached hydrogens (primary N) is 1. The zero-order valence-corrected chi connectivity index (χ0v) is 12.4. The van der Waals surface area contributed by atoms with Crippen molar-refractivity contribution >= 4 is 22.6 Å². The Bertz CT molecular complexity index is 580. The molecule has 1 aromatic heterocycles. The number of ether oxygens (including phenoxy) is 1. The van der Waals surface area contributed by atoms with Crippen molar-refractivity contribution < 1.29 is 9.13 Å². The smallest absolute Gasteiger partial charge is 0.137 e. The molecule has 1 aromatic carbocycles. The Morgan fingerprint density at radius 2 is 2.16 bits per heavy atom. The molecule has 2 aromatic rings. The molecule has 100 valence electrons. The summed E-state index contributed by atoms with van der Waals surface area (Å²) in [5, 5.41) is 0. The highest BCUT2D eigenvalue weighted by Crippen LogP contribution is 2.27. The molecule has 0 saturated heterocycles. The summed E-state index contributed by atoms with van der Waals surface area (Å²) in [5.74, 6) is 6.00. The van der Waals surface area contributed by atoms with Gasteiger partial charge in [-0.3, -0.25) is 10.8 Å². The Morgan fingerprint density at radius 3 is 2.79 bits per heavy atom. The first-order valence-corrected chi connectivity index (χ1v) is 6.63. The van der Waals surface area contributed by atoms with Crippen LogP contribution in [0.2, 0.25) is 0 Å². The fourth-order valence-electron chi connectivity index (χ4n) is 1.81. The summed E-state index contributed by atoms with van der Waals surface area (Å²) >= 11 is 2.08. The molecule has 0 aliphatic heterocycles. The maximum atomic E-state index is 13.1. The number of hydrogen-bond acceptors (Lipinski definition) is 4. The van der Waals surface area contributed by atoms with Crippen molar-refractivity contribution in [3.8, 4) is 5.75 Å². The molecule has 1 atom stereocenters. The number of nitrogens with one attached hydrogen (secondary N) is 1. The summed E-state index contributed by atoms with van der Waals surface area (Å²) in [7, 11) is 1.58. The standard InChI is InChI=1S/C13H13FIN3O/c1-19-10-4-8(6-17-7-10)13(18-16)11-3-2-9(14)5-12(11)15/h2-7,13,18H,16H2,1H3. The molecule has 0 aliphatic rings. The number of pyridine rings is 1. The van der Waals surface area contributed by atoms with Crippen LogP contribution in [0.5, 0.6) is 5.75 Å². The first kappa shape index (κ1) is 14.2. The fourth-order valence-corrected chi connectivity index (χ4v) is 2.59. The third-order valence-electron chi connectivity index (χ3n) is 2.74. The van der Waals surface area contributed by atoms with Crippen molar-refractivity contribution in [2.45, 2.75) is 6.04 Å². The van der Waals surface area contributed by atoms with Gasteiger partial charge in [0.05, 0.1) is 19.3 Å². The van der Waals surface area contributed by atoms with Gasteiger partial charge >= 0.3 is 0 Å². The van der Waals surface area contributed by atoms with Crippen LogP contribution in [0.25, 0.3) is 0 Å². The second kappa shape index (κ2) is 6.27. The first-order chi connectivity index (χ1) is 9.15. The van der Waals surface area contributed by atoms with Crippen molar-refractivity contribution in [2.24, 2.45) is 5.84 Å². The van der Waals surface area contributed by atoms with E-state index in [1.54, 1.807) is 25.6 Å². The molecule has 6 heteroatoms. The lowest BCUT2D eigenvalue weighted by Gasteiger charge is -2.18. The van der Waals surface area contributed by atoms with Gasteiger partial charge in [0, 0.05) is 9.77 Å². The zero-order valence-electron chi connectivity index (χ0n) is 10.2. The van der Waals surface area contributed by atoms with Gasteiger partial charge in [0.1, 0.15) is 11.6 Å². The summed E-state index contributed by atoms with van der Waals surface area (Å²) in [5.41, 5.74) is 4.47. The number of aromatic nitrogens is 1. The molecule has 4 nitrogen and oxygen atoms in total. The van der Waals surface area contributed by atoms with Crippen molar-refractivity contribution in [3.63, 3.8) is 0 Å². The lowest BCUT2D eigenvalue weighted by molar-refractivity contribution is 0.411. The number of benzene rings is 1. The normalized spacial score (nSPS) is 12.2. The van der Waals surface area contributed by atoms with Gasteiger partial charge in [-0.15, -0.1) is 0 Å². The summed E-state index contributed by atoms with van der Waals surface area (Å²) in [6.45, 7) is 0. The first-order valence-electron chi connectivity index (χ1n) is 5.55. The third kappa shape index (κ3) is 3.20. The van der Waals surface area contributed by atoms with E-state index in [1.807, 2.05) is 6.07 Å². The van der Waals surface area contributed by atoms with Crippen LogP contribution in [0.4, 0.5) is 4.39 Å². The van der Waals surface area contributed by atoms with Gasteiger partial charge in [0.25, 0.3) is 0 Å². The Kier molecular flexibility index (Phi) is 4.67. The quantitative estimate of drug-likeness (QED) is 0.491. The number of hydrogen-bond donors (Lipinski definition) is 2. The predicted molar refractivity (Wildman–Crippen MR) is 79.1 cm³/mol. The van der Waals surface area contributed by atoms with E-state index < -0.39 is 0 Å². The molecule has 0 radical (unpaired) electrons. The minimum Gasteiger partial charge on any atom is -0.495 e. The number of nitrogens with zero attached hydrogens (tertiary/aromatic N) is 1. The molecule has 19 heavy (non-hydrogen) atoms. The van der Waals surface area contributed by atoms with Crippen LogP contribution in [-0.4, -0.2) is 12.1 Å². The average Bonchev–Trinajstić information content (AvgIpc) is 2.42. The van der Waals surface area contributed by atoms with Crippen LogP contribution in [0, 0.1) is 9.39 Å². The van der Waals surface area contributed by atoms with Gasteiger partial charge in [-0.25, -0.2) is 9.82 Å². The van der Waals surface area contributed by atoms with Crippen molar-refractivity contribution in [1.29, 1.82) is 0 Å². The van der Waals surface area contributed by atoms with Gasteiger partial charge in [-0.1, -0.05) is 6.07 Å². The van der Waals surface area contributed by atoms with E-state index in [-0.39, 0.29) is 11.9 Å². The van der Waals surface area contributed by atoms with Gasteiger partial charge in [0.2, 0.25) is 0 Å². The molecule has 0 spiro atoms. The Balaban J connectivity index is 2.43. The fraction of sp³-hybridized carbons (Fsp3) is 0.154. The van der Waals surface area contributed by atoms with Crippen molar-refractivity contribution in [1.82, 2.24) is 10.4 Å². The van der Waals surface area contributed by atoms with E-state index in [9.17, 15) is 4.39 Å². The maximum Gasteiger partial charge on any atom is 0.137 e. The summed E-state index contributed by atoms with van der Waals surface area (Å²) in [6, 6.07) is 6.16. The molecular weight excluding hydrogens is 360 g/mol. The van der Waals surface area contributed by atoms with Crippen LogP contribution >= 0.6 is 22.6 Å². The van der Waals surface area contributed by atoms with Crippen molar-refractivity contribution in [2.75, 3.05) is 7.11 Å². The van der Waals surface area contributed by atoms with Crippen molar-refractivity contribution in [3.05, 3.63) is 57.2 Å². The highest BCUT2D eigenvalue weighted by molar-refractivity contribution is 14.1. The predicted octanol–water partition coefficient (Wildman–Crippen LogP) is 2.39. The van der Waals surface area contributed by atoms with Crippen LogP contribution in [-0.2, 0) is 0 Å². The van der Waals surface area contributed by atoms with E-state index in [0.717, 1.165) is 14.7 Å².